The van der Waals surface area contributed by atoms with Crippen LogP contribution in [-0.2, 0) is 11.2 Å². The van der Waals surface area contributed by atoms with Gasteiger partial charge in [-0.3, -0.25) is 0 Å². The van der Waals surface area contributed by atoms with Crippen molar-refractivity contribution in [2.24, 2.45) is 0 Å². The van der Waals surface area contributed by atoms with Crippen molar-refractivity contribution in [2.75, 3.05) is 0 Å². The zero-order valence-corrected chi connectivity index (χ0v) is 16.5. The minimum atomic E-state index is 0.460. The smallest absolute Gasteiger partial charge is 0.118 e. The molecule has 0 saturated carbocycles. The predicted molar refractivity (Wildman–Crippen MR) is 109 cm³/mol. The van der Waals surface area contributed by atoms with Crippen molar-refractivity contribution >= 4 is 6.79 Å². The molecule has 0 saturated heterocycles. The lowest BCUT2D eigenvalue weighted by Crippen LogP contribution is -1.87. The van der Waals surface area contributed by atoms with Gasteiger partial charge in [-0.1, -0.05) is 109 Å². The molecule has 25 heavy (non-hydrogen) atoms. The van der Waals surface area contributed by atoms with Crippen LogP contribution in [0.25, 0.3) is 0 Å². The Morgan fingerprint density at radius 1 is 0.680 bits per heavy atom. The maximum atomic E-state index is 9.71. The number of para-hydroxylation sites is 1. The van der Waals surface area contributed by atoms with Gasteiger partial charge in [0.1, 0.15) is 12.5 Å². The number of aromatic hydroxyl groups is 1. The van der Waals surface area contributed by atoms with E-state index in [1.807, 2.05) is 25.0 Å². The molecule has 0 atom stereocenters. The average molecular weight is 349 g/mol. The van der Waals surface area contributed by atoms with E-state index in [0.29, 0.717) is 5.75 Å². The van der Waals surface area contributed by atoms with Gasteiger partial charge < -0.3 is 9.90 Å². The van der Waals surface area contributed by atoms with E-state index in [1.54, 1.807) is 6.07 Å². The number of benzene rings is 1. The van der Waals surface area contributed by atoms with E-state index in [2.05, 4.69) is 6.92 Å². The Kier molecular flexibility index (Phi) is 18.0. The van der Waals surface area contributed by atoms with Crippen LogP contribution < -0.4 is 0 Å². The van der Waals surface area contributed by atoms with Crippen LogP contribution in [0.3, 0.4) is 0 Å². The molecule has 1 aromatic carbocycles. The number of rotatable bonds is 15. The van der Waals surface area contributed by atoms with Crippen molar-refractivity contribution < 1.29 is 9.90 Å². The molecule has 0 fully saturated rings. The van der Waals surface area contributed by atoms with Gasteiger partial charge >= 0.3 is 0 Å². The van der Waals surface area contributed by atoms with Gasteiger partial charge in [-0.2, -0.15) is 0 Å². The summed E-state index contributed by atoms with van der Waals surface area (Å²) in [5.41, 5.74) is 1.10. The molecule has 1 N–H and O–H groups in total. The molecule has 2 nitrogen and oxygen atoms in total. The highest BCUT2D eigenvalue weighted by atomic mass is 16.3. The molecule has 0 amide bonds. The van der Waals surface area contributed by atoms with Gasteiger partial charge in [0.05, 0.1) is 0 Å². The molecule has 0 aromatic heterocycles. The van der Waals surface area contributed by atoms with Crippen molar-refractivity contribution in [1.82, 2.24) is 0 Å². The van der Waals surface area contributed by atoms with Crippen molar-refractivity contribution in [3.63, 3.8) is 0 Å². The quantitative estimate of drug-likeness (QED) is 0.339. The number of carbonyl (C=O) groups excluding carboxylic acids is 1. The van der Waals surface area contributed by atoms with Crippen LogP contribution in [0.15, 0.2) is 24.3 Å². The summed E-state index contributed by atoms with van der Waals surface area (Å²) < 4.78 is 0. The van der Waals surface area contributed by atoms with Gasteiger partial charge in [-0.15, -0.1) is 0 Å². The fourth-order valence-electron chi connectivity index (χ4n) is 3.23. The molecule has 0 aliphatic carbocycles. The lowest BCUT2D eigenvalue weighted by Gasteiger charge is -2.05. The van der Waals surface area contributed by atoms with Crippen molar-refractivity contribution in [3.05, 3.63) is 29.8 Å². The molecule has 0 aliphatic rings. The minimum Gasteiger partial charge on any atom is -0.508 e. The topological polar surface area (TPSA) is 37.3 Å². The number of hydrogen-bond acceptors (Lipinski definition) is 2. The molecular weight excluding hydrogens is 308 g/mol. The number of hydrogen-bond donors (Lipinski definition) is 1. The van der Waals surface area contributed by atoms with E-state index < -0.39 is 0 Å². The van der Waals surface area contributed by atoms with Crippen molar-refractivity contribution in [1.29, 1.82) is 0 Å². The molecule has 1 rings (SSSR count). The zero-order valence-electron chi connectivity index (χ0n) is 16.5. The van der Waals surface area contributed by atoms with Crippen LogP contribution >= 0.6 is 0 Å². The van der Waals surface area contributed by atoms with Crippen molar-refractivity contribution in [3.8, 4) is 5.75 Å². The highest BCUT2D eigenvalue weighted by Crippen LogP contribution is 2.19. The van der Waals surface area contributed by atoms with E-state index in [9.17, 15) is 5.11 Å². The number of aryl methyl sites for hydroxylation is 1. The molecule has 1 aromatic rings. The van der Waals surface area contributed by atoms with Crippen LogP contribution in [0.5, 0.6) is 5.75 Å². The van der Waals surface area contributed by atoms with E-state index in [-0.39, 0.29) is 0 Å². The fourth-order valence-corrected chi connectivity index (χ4v) is 3.23. The lowest BCUT2D eigenvalue weighted by atomic mass is 10.0. The molecule has 0 radical (unpaired) electrons. The Bertz CT molecular complexity index is 389. The Morgan fingerprint density at radius 3 is 1.52 bits per heavy atom. The number of phenols is 1. The molecule has 0 aliphatic heterocycles. The third-order valence-electron chi connectivity index (χ3n) is 4.79. The van der Waals surface area contributed by atoms with Gasteiger partial charge in [0.2, 0.25) is 0 Å². The maximum Gasteiger partial charge on any atom is 0.118 e. The first kappa shape index (κ1) is 23.7. The minimum absolute atomic E-state index is 0.460. The Hall–Kier alpha value is -1.31. The lowest BCUT2D eigenvalue weighted by molar-refractivity contribution is -0.0979. The maximum absolute atomic E-state index is 9.71. The first-order valence-electron chi connectivity index (χ1n) is 10.4. The molecule has 0 heterocycles. The summed E-state index contributed by atoms with van der Waals surface area (Å²) in [6.45, 7) is 4.28. The second-order valence-corrected chi connectivity index (χ2v) is 6.97. The molecule has 0 bridgehead atoms. The van der Waals surface area contributed by atoms with Crippen LogP contribution in [0.4, 0.5) is 0 Å². The largest absolute Gasteiger partial charge is 0.508 e. The summed E-state index contributed by atoms with van der Waals surface area (Å²) in [5, 5.41) is 9.71. The third kappa shape index (κ3) is 14.7. The van der Waals surface area contributed by atoms with E-state index >= 15 is 0 Å². The first-order valence-corrected chi connectivity index (χ1v) is 10.4. The average Bonchev–Trinajstić information content (AvgIpc) is 2.65. The molecule has 2 heteroatoms. The second-order valence-electron chi connectivity index (χ2n) is 6.97. The Morgan fingerprint density at radius 2 is 1.08 bits per heavy atom. The van der Waals surface area contributed by atoms with E-state index in [1.165, 1.54) is 89.9 Å². The summed E-state index contributed by atoms with van der Waals surface area (Å²) in [6.07, 6.45) is 20.5. The van der Waals surface area contributed by atoms with Gasteiger partial charge in [-0.25, -0.2) is 0 Å². The summed E-state index contributed by atoms with van der Waals surface area (Å²) in [6, 6.07) is 7.74. The third-order valence-corrected chi connectivity index (χ3v) is 4.79. The summed E-state index contributed by atoms with van der Waals surface area (Å²) >= 11 is 0. The Labute approximate surface area is 156 Å². The summed E-state index contributed by atoms with van der Waals surface area (Å²) in [5.74, 6) is 0.460. The summed E-state index contributed by atoms with van der Waals surface area (Å²) in [4.78, 5) is 8.00. The molecule has 0 spiro atoms. The highest BCUT2D eigenvalue weighted by Gasteiger charge is 1.99. The number of phenolic OH excluding ortho intramolecular Hbond substituents is 1. The standard InChI is InChI=1S/C22H38O.CH2O/c1-2-3-4-5-6-7-8-9-10-11-12-13-14-15-18-21-19-16-17-20-22(21)23;1-2/h16-17,19-20,23H,2-15,18H2,1H3;1H2. The SMILES string of the molecule is C=O.CCCCCCCCCCCCCCCCc1ccccc1O. The van der Waals surface area contributed by atoms with Gasteiger partial charge in [0, 0.05) is 0 Å². The second kappa shape index (κ2) is 19.0. The molecule has 144 valence electrons. The monoisotopic (exact) mass is 348 g/mol. The number of carbonyl (C=O) groups is 1. The predicted octanol–water partition coefficient (Wildman–Crippen LogP) is 7.23. The van der Waals surface area contributed by atoms with Gasteiger partial charge in [0.25, 0.3) is 0 Å². The summed E-state index contributed by atoms with van der Waals surface area (Å²) in [7, 11) is 0. The normalized spacial score (nSPS) is 10.3. The van der Waals surface area contributed by atoms with Gasteiger partial charge in [-0.05, 0) is 24.5 Å². The molecule has 0 unspecified atom stereocenters. The zero-order chi connectivity index (χ0) is 18.6. The highest BCUT2D eigenvalue weighted by molar-refractivity contribution is 5.31. The Balaban J connectivity index is 0.00000277. The van der Waals surface area contributed by atoms with Crippen molar-refractivity contribution in [2.45, 2.75) is 103 Å². The van der Waals surface area contributed by atoms with E-state index in [0.717, 1.165) is 12.0 Å². The van der Waals surface area contributed by atoms with Crippen LogP contribution in [-0.4, -0.2) is 11.9 Å². The van der Waals surface area contributed by atoms with Crippen LogP contribution in [0, 0.1) is 0 Å². The van der Waals surface area contributed by atoms with E-state index in [4.69, 9.17) is 4.79 Å². The first-order chi connectivity index (χ1) is 12.3. The van der Waals surface area contributed by atoms with Crippen LogP contribution in [0.2, 0.25) is 0 Å². The van der Waals surface area contributed by atoms with Crippen LogP contribution in [0.1, 0.15) is 102 Å². The van der Waals surface area contributed by atoms with Gasteiger partial charge in [0.15, 0.2) is 0 Å². The molecular formula is C23H40O2. The fraction of sp³-hybridized carbons (Fsp3) is 0.696. The number of unbranched alkanes of at least 4 members (excludes halogenated alkanes) is 13.